The van der Waals surface area contributed by atoms with Gasteiger partial charge in [-0.1, -0.05) is 13.8 Å². The molecule has 1 N–H and O–H groups in total. The number of hydrogen-bond acceptors (Lipinski definition) is 5. The number of anilines is 1. The summed E-state index contributed by atoms with van der Waals surface area (Å²) in [6.07, 6.45) is 4.00. The van der Waals surface area contributed by atoms with Crippen LogP contribution in [0.1, 0.15) is 49.6 Å². The largest absolute Gasteiger partial charge is 0.347 e. The molecule has 20 heavy (non-hydrogen) atoms. The first-order valence-electron chi connectivity index (χ1n) is 7.68. The fourth-order valence-corrected chi connectivity index (χ4v) is 5.05. The summed E-state index contributed by atoms with van der Waals surface area (Å²) in [5.41, 5.74) is 1.30. The minimum absolute atomic E-state index is 0.516. The second-order valence-corrected chi connectivity index (χ2v) is 8.45. The molecule has 1 unspecified atom stereocenters. The summed E-state index contributed by atoms with van der Waals surface area (Å²) in [5, 5.41) is 4.85. The lowest BCUT2D eigenvalue weighted by molar-refractivity contribution is 0.678. The molecule has 0 aromatic carbocycles. The molecule has 0 spiro atoms. The first-order valence-corrected chi connectivity index (χ1v) is 9.66. The maximum absolute atomic E-state index is 4.95. The fraction of sp³-hybridized carbons (Fsp3) is 0.800. The maximum atomic E-state index is 4.95. The van der Waals surface area contributed by atoms with Crippen LogP contribution in [0, 0.1) is 0 Å². The van der Waals surface area contributed by atoms with E-state index in [2.05, 4.69) is 42.9 Å². The summed E-state index contributed by atoms with van der Waals surface area (Å²) in [6, 6.07) is 1.44. The van der Waals surface area contributed by atoms with Gasteiger partial charge in [0.1, 0.15) is 0 Å². The first-order chi connectivity index (χ1) is 9.65. The molecule has 0 amide bonds. The van der Waals surface area contributed by atoms with Crippen molar-refractivity contribution in [3.8, 4) is 0 Å². The van der Waals surface area contributed by atoms with Gasteiger partial charge in [0.2, 0.25) is 0 Å². The normalized spacial score (nSPS) is 22.7. The van der Waals surface area contributed by atoms with Crippen molar-refractivity contribution in [2.24, 2.45) is 0 Å². The maximum Gasteiger partial charge on any atom is 0.185 e. The number of nitrogens with zero attached hydrogens (tertiary/aromatic N) is 2. The van der Waals surface area contributed by atoms with Crippen LogP contribution in [-0.2, 0) is 6.54 Å². The Balaban J connectivity index is 1.74. The van der Waals surface area contributed by atoms with Crippen LogP contribution in [0.25, 0.3) is 0 Å². The standard InChI is InChI=1S/C15H25N3S2/c1-10(2)14-13(8-16-11-4-5-11)20-15(17-14)18(3)12-6-7-19-9-12/h10-12,16H,4-9H2,1-3H3. The lowest BCUT2D eigenvalue weighted by Crippen LogP contribution is -2.31. The molecule has 1 saturated heterocycles. The predicted molar refractivity (Wildman–Crippen MR) is 90.2 cm³/mol. The third-order valence-electron chi connectivity index (χ3n) is 4.15. The Morgan fingerprint density at radius 3 is 2.75 bits per heavy atom. The van der Waals surface area contributed by atoms with E-state index >= 15 is 0 Å². The van der Waals surface area contributed by atoms with Gasteiger partial charge in [-0.2, -0.15) is 11.8 Å². The molecule has 1 aliphatic carbocycles. The monoisotopic (exact) mass is 311 g/mol. The van der Waals surface area contributed by atoms with Crippen molar-refractivity contribution in [2.45, 2.75) is 57.7 Å². The van der Waals surface area contributed by atoms with E-state index < -0.39 is 0 Å². The summed E-state index contributed by atoms with van der Waals surface area (Å²) in [6.45, 7) is 5.51. The Bertz CT molecular complexity index is 448. The van der Waals surface area contributed by atoms with Crippen molar-refractivity contribution >= 4 is 28.2 Å². The van der Waals surface area contributed by atoms with Crippen LogP contribution >= 0.6 is 23.1 Å². The van der Waals surface area contributed by atoms with E-state index in [1.54, 1.807) is 0 Å². The summed E-state index contributed by atoms with van der Waals surface area (Å²) < 4.78 is 0. The smallest absolute Gasteiger partial charge is 0.185 e. The molecule has 3 nitrogen and oxygen atoms in total. The molecule has 1 aliphatic heterocycles. The lowest BCUT2D eigenvalue weighted by atomic mass is 10.1. The minimum Gasteiger partial charge on any atom is -0.347 e. The molecule has 1 aromatic rings. The van der Waals surface area contributed by atoms with E-state index in [4.69, 9.17) is 4.98 Å². The third-order valence-corrected chi connectivity index (χ3v) is 6.45. The summed E-state index contributed by atoms with van der Waals surface area (Å²) in [5.74, 6) is 3.07. The van der Waals surface area contributed by atoms with Crippen LogP contribution in [0.3, 0.4) is 0 Å². The lowest BCUT2D eigenvalue weighted by Gasteiger charge is -2.22. The molecule has 2 fully saturated rings. The van der Waals surface area contributed by atoms with Crippen molar-refractivity contribution in [2.75, 3.05) is 23.5 Å². The van der Waals surface area contributed by atoms with Gasteiger partial charge in [-0.25, -0.2) is 4.98 Å². The zero-order valence-electron chi connectivity index (χ0n) is 12.7. The zero-order valence-corrected chi connectivity index (χ0v) is 14.3. The highest BCUT2D eigenvalue weighted by Crippen LogP contribution is 2.34. The average molecular weight is 312 g/mol. The van der Waals surface area contributed by atoms with Crippen molar-refractivity contribution in [3.63, 3.8) is 0 Å². The van der Waals surface area contributed by atoms with Gasteiger partial charge in [0, 0.05) is 36.3 Å². The molecule has 0 radical (unpaired) electrons. The van der Waals surface area contributed by atoms with Gasteiger partial charge in [0.15, 0.2) is 5.13 Å². The second-order valence-electron chi connectivity index (χ2n) is 6.24. The Hall–Kier alpha value is -0.260. The highest BCUT2D eigenvalue weighted by Gasteiger charge is 2.25. The molecule has 2 aliphatic rings. The summed E-state index contributed by atoms with van der Waals surface area (Å²) in [7, 11) is 2.22. The van der Waals surface area contributed by atoms with E-state index in [1.807, 2.05) is 11.3 Å². The van der Waals surface area contributed by atoms with Gasteiger partial charge in [0.25, 0.3) is 0 Å². The zero-order chi connectivity index (χ0) is 14.1. The van der Waals surface area contributed by atoms with E-state index in [9.17, 15) is 0 Å². The van der Waals surface area contributed by atoms with Gasteiger partial charge in [-0.05, 0) is 30.9 Å². The number of rotatable bonds is 6. The van der Waals surface area contributed by atoms with Crippen molar-refractivity contribution in [1.29, 1.82) is 0 Å². The van der Waals surface area contributed by atoms with Gasteiger partial charge < -0.3 is 10.2 Å². The van der Waals surface area contributed by atoms with Gasteiger partial charge in [0.05, 0.1) is 5.69 Å². The molecule has 1 aromatic heterocycles. The van der Waals surface area contributed by atoms with Gasteiger partial charge >= 0.3 is 0 Å². The summed E-state index contributed by atoms with van der Waals surface area (Å²) >= 11 is 3.96. The van der Waals surface area contributed by atoms with E-state index in [1.165, 1.54) is 46.5 Å². The molecular formula is C15H25N3S2. The van der Waals surface area contributed by atoms with Crippen LogP contribution in [-0.4, -0.2) is 35.6 Å². The van der Waals surface area contributed by atoms with Gasteiger partial charge in [-0.3, -0.25) is 0 Å². The van der Waals surface area contributed by atoms with Crippen LogP contribution in [0.5, 0.6) is 0 Å². The highest BCUT2D eigenvalue weighted by molar-refractivity contribution is 7.99. The summed E-state index contributed by atoms with van der Waals surface area (Å²) in [4.78, 5) is 8.81. The topological polar surface area (TPSA) is 28.2 Å². The molecule has 2 heterocycles. The first kappa shape index (κ1) is 14.7. The molecule has 0 bridgehead atoms. The molecule has 1 saturated carbocycles. The Kier molecular flexibility index (Phi) is 4.58. The number of hydrogen-bond donors (Lipinski definition) is 1. The Morgan fingerprint density at radius 1 is 1.35 bits per heavy atom. The van der Waals surface area contributed by atoms with Gasteiger partial charge in [-0.15, -0.1) is 11.3 Å². The fourth-order valence-electron chi connectivity index (χ4n) is 2.59. The van der Waals surface area contributed by atoms with Crippen LogP contribution in [0.2, 0.25) is 0 Å². The number of thiazole rings is 1. The number of thioether (sulfide) groups is 1. The average Bonchev–Trinajstić information content (AvgIpc) is 2.95. The number of nitrogens with one attached hydrogen (secondary N) is 1. The van der Waals surface area contributed by atoms with Crippen LogP contribution in [0.4, 0.5) is 5.13 Å². The molecule has 112 valence electrons. The highest BCUT2D eigenvalue weighted by atomic mass is 32.2. The second kappa shape index (κ2) is 6.24. The predicted octanol–water partition coefficient (Wildman–Crippen LogP) is 3.46. The quantitative estimate of drug-likeness (QED) is 0.871. The van der Waals surface area contributed by atoms with Crippen LogP contribution < -0.4 is 10.2 Å². The minimum atomic E-state index is 0.516. The Labute approximate surface area is 130 Å². The van der Waals surface area contributed by atoms with Crippen LogP contribution in [0.15, 0.2) is 0 Å². The van der Waals surface area contributed by atoms with E-state index in [-0.39, 0.29) is 0 Å². The molecule has 5 heteroatoms. The van der Waals surface area contributed by atoms with Crippen molar-refractivity contribution in [3.05, 3.63) is 10.6 Å². The van der Waals surface area contributed by atoms with Crippen molar-refractivity contribution in [1.82, 2.24) is 10.3 Å². The SMILES string of the molecule is CC(C)c1nc(N(C)C2CCSC2)sc1CNC1CC1. The Morgan fingerprint density at radius 2 is 2.15 bits per heavy atom. The van der Waals surface area contributed by atoms with Crippen molar-refractivity contribution < 1.29 is 0 Å². The molecular weight excluding hydrogens is 286 g/mol. The van der Waals surface area contributed by atoms with E-state index in [0.717, 1.165) is 12.6 Å². The van der Waals surface area contributed by atoms with E-state index in [0.29, 0.717) is 12.0 Å². The molecule has 3 rings (SSSR count). The number of aromatic nitrogens is 1. The molecule has 1 atom stereocenters. The third kappa shape index (κ3) is 3.31.